The molecule has 23 heavy (non-hydrogen) atoms. The first-order valence-corrected chi connectivity index (χ1v) is 9.13. The predicted octanol–water partition coefficient (Wildman–Crippen LogP) is 4.86. The molecule has 0 aromatic heterocycles. The molecule has 0 saturated carbocycles. The van der Waals surface area contributed by atoms with Crippen molar-refractivity contribution in [1.29, 1.82) is 0 Å². The Kier molecular flexibility index (Phi) is 5.51. The van der Waals surface area contributed by atoms with Gasteiger partial charge >= 0.3 is 7.82 Å². The van der Waals surface area contributed by atoms with E-state index in [1.165, 1.54) is 0 Å². The first kappa shape index (κ1) is 17.6. The van der Waals surface area contributed by atoms with Crippen LogP contribution in [0.25, 0.3) is 0 Å². The van der Waals surface area contributed by atoms with Gasteiger partial charge in [-0.1, -0.05) is 52.0 Å². The number of phosphoric acid groups is 1. The lowest BCUT2D eigenvalue weighted by molar-refractivity contribution is -0.208. The van der Waals surface area contributed by atoms with E-state index in [2.05, 4.69) is 27.7 Å². The molecule has 0 saturated heterocycles. The Morgan fingerprint density at radius 2 is 1.04 bits per heavy atom. The first-order valence-electron chi connectivity index (χ1n) is 7.67. The molecule has 0 aliphatic rings. The standard InChI is InChI=1S/C18H23O4P/c1-13(2)15-5-9-17(10-6-15)21-23(19,20)22-18-11-7-16(8-12-18)14(3)4/h5-14H,1-4H3,(H,19,20)/p-1. The van der Waals surface area contributed by atoms with Crippen molar-refractivity contribution in [3.8, 4) is 11.5 Å². The molecule has 4 nitrogen and oxygen atoms in total. The number of hydrogen-bond acceptors (Lipinski definition) is 4. The van der Waals surface area contributed by atoms with Crippen molar-refractivity contribution in [2.45, 2.75) is 39.5 Å². The zero-order valence-electron chi connectivity index (χ0n) is 13.9. The summed E-state index contributed by atoms with van der Waals surface area (Å²) >= 11 is 0. The molecule has 0 bridgehead atoms. The van der Waals surface area contributed by atoms with Crippen LogP contribution in [0, 0.1) is 0 Å². The fraction of sp³-hybridized carbons (Fsp3) is 0.333. The fourth-order valence-corrected chi connectivity index (χ4v) is 2.90. The Labute approximate surface area is 137 Å². The smallest absolute Gasteiger partial charge is 0.372 e. The van der Waals surface area contributed by atoms with E-state index >= 15 is 0 Å². The lowest BCUT2D eigenvalue weighted by Gasteiger charge is -2.24. The van der Waals surface area contributed by atoms with Crippen molar-refractivity contribution in [3.63, 3.8) is 0 Å². The van der Waals surface area contributed by atoms with Gasteiger partial charge in [-0.25, -0.2) is 4.57 Å². The first-order chi connectivity index (χ1) is 10.8. The Morgan fingerprint density at radius 1 is 0.739 bits per heavy atom. The van der Waals surface area contributed by atoms with E-state index in [0.29, 0.717) is 11.8 Å². The molecule has 0 heterocycles. The van der Waals surface area contributed by atoms with Crippen LogP contribution in [0.5, 0.6) is 11.5 Å². The highest BCUT2D eigenvalue weighted by Gasteiger charge is 2.14. The minimum atomic E-state index is -4.46. The molecule has 124 valence electrons. The van der Waals surface area contributed by atoms with Crippen molar-refractivity contribution in [2.75, 3.05) is 0 Å². The lowest BCUT2D eigenvalue weighted by atomic mass is 10.0. The fourth-order valence-electron chi connectivity index (χ4n) is 2.10. The molecule has 0 aliphatic carbocycles. The SMILES string of the molecule is CC(C)c1ccc(OP(=O)([O-])Oc2ccc(C(C)C)cc2)cc1. The molecule has 0 N–H and O–H groups in total. The van der Waals surface area contributed by atoms with E-state index in [1.807, 2.05) is 24.3 Å². The lowest BCUT2D eigenvalue weighted by Crippen LogP contribution is -2.13. The van der Waals surface area contributed by atoms with Crippen molar-refractivity contribution in [2.24, 2.45) is 0 Å². The van der Waals surface area contributed by atoms with E-state index in [0.717, 1.165) is 11.1 Å². The molecule has 0 amide bonds. The normalized spacial score (nSPS) is 11.8. The highest BCUT2D eigenvalue weighted by molar-refractivity contribution is 7.46. The van der Waals surface area contributed by atoms with Crippen LogP contribution in [0.15, 0.2) is 48.5 Å². The van der Waals surface area contributed by atoms with Gasteiger partial charge in [-0.05, 0) is 47.2 Å². The molecule has 0 unspecified atom stereocenters. The maximum absolute atomic E-state index is 12.0. The predicted molar refractivity (Wildman–Crippen MR) is 89.9 cm³/mol. The summed E-state index contributed by atoms with van der Waals surface area (Å²) in [6.45, 7) is 8.27. The number of hydrogen-bond donors (Lipinski definition) is 0. The molecule has 0 radical (unpaired) electrons. The van der Waals surface area contributed by atoms with Gasteiger partial charge in [0.15, 0.2) is 0 Å². The van der Waals surface area contributed by atoms with Gasteiger partial charge in [0.2, 0.25) is 0 Å². The van der Waals surface area contributed by atoms with Gasteiger partial charge in [0, 0.05) is 0 Å². The van der Waals surface area contributed by atoms with E-state index < -0.39 is 7.82 Å². The summed E-state index contributed by atoms with van der Waals surface area (Å²) in [5.41, 5.74) is 2.23. The monoisotopic (exact) mass is 333 g/mol. The summed E-state index contributed by atoms with van der Waals surface area (Å²) in [5.74, 6) is 1.23. The number of rotatable bonds is 6. The molecule has 2 aromatic carbocycles. The van der Waals surface area contributed by atoms with Gasteiger partial charge in [0.05, 0.1) is 0 Å². The van der Waals surface area contributed by atoms with Gasteiger partial charge in [0.1, 0.15) is 11.5 Å². The average Bonchev–Trinajstić information content (AvgIpc) is 2.47. The van der Waals surface area contributed by atoms with Crippen LogP contribution in [0.1, 0.15) is 50.7 Å². The van der Waals surface area contributed by atoms with E-state index in [9.17, 15) is 9.46 Å². The van der Waals surface area contributed by atoms with Crippen LogP contribution in [0.2, 0.25) is 0 Å². The molecular formula is C18H22O4P-. The number of benzene rings is 2. The van der Waals surface area contributed by atoms with E-state index in [1.54, 1.807) is 24.3 Å². The van der Waals surface area contributed by atoms with Crippen molar-refractivity contribution in [3.05, 3.63) is 59.7 Å². The van der Waals surface area contributed by atoms with Crippen LogP contribution in [0.4, 0.5) is 0 Å². The third kappa shape index (κ3) is 5.12. The van der Waals surface area contributed by atoms with Gasteiger partial charge < -0.3 is 13.9 Å². The van der Waals surface area contributed by atoms with Crippen LogP contribution in [-0.2, 0) is 4.57 Å². The summed E-state index contributed by atoms with van der Waals surface area (Å²) in [7, 11) is -4.46. The zero-order chi connectivity index (χ0) is 17.0. The third-order valence-electron chi connectivity index (χ3n) is 3.53. The van der Waals surface area contributed by atoms with Crippen LogP contribution >= 0.6 is 7.82 Å². The molecule has 2 rings (SSSR count). The third-order valence-corrected chi connectivity index (χ3v) is 4.40. The minimum Gasteiger partial charge on any atom is -0.736 e. The second kappa shape index (κ2) is 7.20. The van der Waals surface area contributed by atoms with E-state index in [4.69, 9.17) is 9.05 Å². The molecule has 0 spiro atoms. The Balaban J connectivity index is 2.05. The van der Waals surface area contributed by atoms with Crippen LogP contribution < -0.4 is 13.9 Å². The summed E-state index contributed by atoms with van der Waals surface area (Å²) in [6, 6.07) is 13.9. The molecule has 0 aliphatic heterocycles. The molecule has 2 aromatic rings. The van der Waals surface area contributed by atoms with E-state index in [-0.39, 0.29) is 11.5 Å². The highest BCUT2D eigenvalue weighted by Crippen LogP contribution is 2.40. The molecular weight excluding hydrogens is 311 g/mol. The Bertz CT molecular complexity index is 618. The van der Waals surface area contributed by atoms with Gasteiger partial charge in [-0.15, -0.1) is 0 Å². The van der Waals surface area contributed by atoms with Crippen molar-refractivity contribution in [1.82, 2.24) is 0 Å². The molecule has 0 atom stereocenters. The quantitative estimate of drug-likeness (QED) is 0.708. The summed E-state index contributed by atoms with van der Waals surface area (Å²) in [6.07, 6.45) is 0. The highest BCUT2D eigenvalue weighted by atomic mass is 31.2. The topological polar surface area (TPSA) is 58.6 Å². The zero-order valence-corrected chi connectivity index (χ0v) is 14.7. The summed E-state index contributed by atoms with van der Waals surface area (Å²) in [4.78, 5) is 12.0. The summed E-state index contributed by atoms with van der Waals surface area (Å²) < 4.78 is 22.0. The van der Waals surface area contributed by atoms with Gasteiger partial charge in [-0.2, -0.15) is 0 Å². The molecule has 5 heteroatoms. The molecule has 0 fully saturated rings. The van der Waals surface area contributed by atoms with Crippen LogP contribution in [0.3, 0.4) is 0 Å². The minimum absolute atomic E-state index is 0.242. The van der Waals surface area contributed by atoms with Crippen LogP contribution in [-0.4, -0.2) is 0 Å². The Hall–Kier alpha value is -1.77. The van der Waals surface area contributed by atoms with Crippen molar-refractivity contribution < 1.29 is 18.5 Å². The summed E-state index contributed by atoms with van der Waals surface area (Å²) in [5, 5.41) is 0. The van der Waals surface area contributed by atoms with Gasteiger partial charge in [0.25, 0.3) is 0 Å². The van der Waals surface area contributed by atoms with Crippen molar-refractivity contribution >= 4 is 7.82 Å². The second-order valence-corrected chi connectivity index (χ2v) is 7.34. The maximum Gasteiger partial charge on any atom is 0.372 e. The largest absolute Gasteiger partial charge is 0.736 e. The van der Waals surface area contributed by atoms with Gasteiger partial charge in [-0.3, -0.25) is 0 Å². The maximum atomic E-state index is 12.0. The average molecular weight is 333 g/mol. The Morgan fingerprint density at radius 3 is 1.30 bits per heavy atom. The second-order valence-electron chi connectivity index (χ2n) is 6.08. The number of phosphoric ester groups is 1.